The van der Waals surface area contributed by atoms with Crippen LogP contribution in [0.3, 0.4) is 0 Å². The van der Waals surface area contributed by atoms with E-state index >= 15 is 0 Å². The Morgan fingerprint density at radius 3 is 1.84 bits per heavy atom. The monoisotopic (exact) mass is 595 g/mol. The SMILES string of the molecule is N#Cc1ccc(Br)c(CN2CCSCC2)c1.O=Cc1ccc(Br)c(CN2CCSCC2)c1. The summed E-state index contributed by atoms with van der Waals surface area (Å²) in [7, 11) is 0. The molecule has 32 heavy (non-hydrogen) atoms. The number of benzene rings is 2. The van der Waals surface area contributed by atoms with E-state index in [9.17, 15) is 4.79 Å². The number of nitriles is 1. The van der Waals surface area contributed by atoms with E-state index in [0.717, 1.165) is 65.6 Å². The molecule has 0 radical (unpaired) electrons. The third kappa shape index (κ3) is 8.19. The molecule has 2 saturated heterocycles. The summed E-state index contributed by atoms with van der Waals surface area (Å²) in [6, 6.07) is 13.7. The lowest BCUT2D eigenvalue weighted by Crippen LogP contribution is -2.32. The number of aldehydes is 1. The Morgan fingerprint density at radius 1 is 0.844 bits per heavy atom. The first-order valence-corrected chi connectivity index (χ1v) is 14.5. The molecule has 0 spiro atoms. The minimum absolute atomic E-state index is 0.740. The Labute approximate surface area is 216 Å². The molecule has 0 atom stereocenters. The number of nitrogens with zero attached hydrogens (tertiary/aromatic N) is 3. The topological polar surface area (TPSA) is 47.3 Å². The molecule has 170 valence electrons. The van der Waals surface area contributed by atoms with Gasteiger partial charge in [0.2, 0.25) is 0 Å². The number of carbonyl (C=O) groups is 1. The Bertz CT molecular complexity index is 939. The molecule has 0 aromatic heterocycles. The van der Waals surface area contributed by atoms with Gasteiger partial charge in [0, 0.05) is 76.8 Å². The fourth-order valence-electron chi connectivity index (χ4n) is 3.55. The van der Waals surface area contributed by atoms with Crippen LogP contribution in [-0.4, -0.2) is 65.3 Å². The zero-order chi connectivity index (χ0) is 22.8. The van der Waals surface area contributed by atoms with Crippen molar-refractivity contribution >= 4 is 61.7 Å². The fourth-order valence-corrected chi connectivity index (χ4v) is 6.26. The lowest BCUT2D eigenvalue weighted by molar-refractivity contribution is 0.112. The van der Waals surface area contributed by atoms with Crippen molar-refractivity contribution in [2.75, 3.05) is 49.2 Å². The average molecular weight is 597 g/mol. The van der Waals surface area contributed by atoms with Crippen molar-refractivity contribution in [1.29, 1.82) is 5.26 Å². The molecule has 0 N–H and O–H groups in total. The van der Waals surface area contributed by atoms with Crippen LogP contribution >= 0.6 is 55.4 Å². The van der Waals surface area contributed by atoms with Gasteiger partial charge in [0.25, 0.3) is 0 Å². The maximum absolute atomic E-state index is 10.7. The first-order valence-electron chi connectivity index (χ1n) is 10.6. The highest BCUT2D eigenvalue weighted by Gasteiger charge is 2.13. The number of halogens is 2. The Kier molecular flexibility index (Phi) is 11.1. The molecule has 4 rings (SSSR count). The number of hydrogen-bond donors (Lipinski definition) is 0. The van der Waals surface area contributed by atoms with Crippen LogP contribution in [0.4, 0.5) is 0 Å². The van der Waals surface area contributed by atoms with Crippen molar-refractivity contribution in [2.45, 2.75) is 13.1 Å². The second-order valence-corrected chi connectivity index (χ2v) is 11.8. The largest absolute Gasteiger partial charge is 0.298 e. The molecule has 2 fully saturated rings. The molecule has 4 nitrogen and oxygen atoms in total. The van der Waals surface area contributed by atoms with Crippen molar-refractivity contribution in [3.8, 4) is 6.07 Å². The molecular weight excluding hydrogens is 570 g/mol. The predicted molar refractivity (Wildman–Crippen MR) is 144 cm³/mol. The second-order valence-electron chi connectivity index (χ2n) is 7.66. The second kappa shape index (κ2) is 13.8. The molecule has 0 amide bonds. The van der Waals surface area contributed by atoms with Crippen LogP contribution in [0, 0.1) is 11.3 Å². The van der Waals surface area contributed by atoms with Crippen LogP contribution < -0.4 is 0 Å². The lowest BCUT2D eigenvalue weighted by atomic mass is 10.1. The molecule has 2 aromatic carbocycles. The molecule has 2 heterocycles. The summed E-state index contributed by atoms with van der Waals surface area (Å²) in [6.45, 7) is 6.45. The minimum atomic E-state index is 0.740. The van der Waals surface area contributed by atoms with Gasteiger partial charge < -0.3 is 0 Å². The molecule has 2 aliphatic rings. The third-order valence-electron chi connectivity index (χ3n) is 5.38. The summed E-state index contributed by atoms with van der Waals surface area (Å²) in [4.78, 5) is 15.6. The van der Waals surface area contributed by atoms with Crippen molar-refractivity contribution < 1.29 is 4.79 Å². The van der Waals surface area contributed by atoms with Crippen LogP contribution in [-0.2, 0) is 13.1 Å². The Balaban J connectivity index is 0.000000181. The number of rotatable bonds is 5. The fraction of sp³-hybridized carbons (Fsp3) is 0.417. The molecule has 2 aliphatic heterocycles. The van der Waals surface area contributed by atoms with Crippen molar-refractivity contribution in [3.05, 3.63) is 67.6 Å². The van der Waals surface area contributed by atoms with E-state index < -0.39 is 0 Å². The number of carbonyl (C=O) groups excluding carboxylic acids is 1. The van der Waals surface area contributed by atoms with E-state index in [1.165, 1.54) is 34.1 Å². The van der Waals surface area contributed by atoms with Gasteiger partial charge in [-0.15, -0.1) is 0 Å². The first-order chi connectivity index (χ1) is 15.6. The molecule has 0 unspecified atom stereocenters. The van der Waals surface area contributed by atoms with Gasteiger partial charge in [-0.05, 0) is 41.5 Å². The molecule has 0 bridgehead atoms. The van der Waals surface area contributed by atoms with Crippen LogP contribution in [0.2, 0.25) is 0 Å². The maximum atomic E-state index is 10.7. The van der Waals surface area contributed by atoms with Gasteiger partial charge in [-0.1, -0.05) is 37.9 Å². The van der Waals surface area contributed by atoms with Crippen LogP contribution in [0.25, 0.3) is 0 Å². The van der Waals surface area contributed by atoms with Gasteiger partial charge in [-0.3, -0.25) is 14.6 Å². The van der Waals surface area contributed by atoms with E-state index in [-0.39, 0.29) is 0 Å². The summed E-state index contributed by atoms with van der Waals surface area (Å²) in [5.74, 6) is 4.86. The highest BCUT2D eigenvalue weighted by atomic mass is 79.9. The van der Waals surface area contributed by atoms with Gasteiger partial charge in [0.1, 0.15) is 6.29 Å². The zero-order valence-electron chi connectivity index (χ0n) is 17.9. The van der Waals surface area contributed by atoms with E-state index in [4.69, 9.17) is 5.26 Å². The van der Waals surface area contributed by atoms with E-state index in [1.807, 2.05) is 59.9 Å². The minimum Gasteiger partial charge on any atom is -0.298 e. The Morgan fingerprint density at radius 2 is 1.34 bits per heavy atom. The molecule has 8 heteroatoms. The summed E-state index contributed by atoms with van der Waals surface area (Å²) >= 11 is 11.1. The molecule has 2 aromatic rings. The van der Waals surface area contributed by atoms with Gasteiger partial charge in [-0.25, -0.2) is 0 Å². The highest BCUT2D eigenvalue weighted by Crippen LogP contribution is 2.22. The van der Waals surface area contributed by atoms with Gasteiger partial charge in [0.15, 0.2) is 0 Å². The standard InChI is InChI=1S/C12H13BrN2S.C12H14BrNOS/c13-12-2-1-10(8-14)7-11(12)9-15-3-5-16-6-4-15;13-12-2-1-10(9-15)7-11(12)8-14-3-5-16-6-4-14/h1-2,7H,3-6,9H2;1-2,7,9H,3-6,8H2. The van der Waals surface area contributed by atoms with E-state index in [1.54, 1.807) is 0 Å². The zero-order valence-corrected chi connectivity index (χ0v) is 22.7. The average Bonchev–Trinajstić information content (AvgIpc) is 2.84. The van der Waals surface area contributed by atoms with Gasteiger partial charge >= 0.3 is 0 Å². The summed E-state index contributed by atoms with van der Waals surface area (Å²) in [5, 5.41) is 8.88. The molecular formula is C24H27Br2N3OS2. The van der Waals surface area contributed by atoms with Crippen LogP contribution in [0.15, 0.2) is 45.3 Å². The predicted octanol–water partition coefficient (Wildman–Crippen LogP) is 5.68. The lowest BCUT2D eigenvalue weighted by Gasteiger charge is -2.26. The van der Waals surface area contributed by atoms with Gasteiger partial charge in [-0.2, -0.15) is 28.8 Å². The quantitative estimate of drug-likeness (QED) is 0.414. The summed E-state index contributed by atoms with van der Waals surface area (Å²) in [6.07, 6.45) is 0.905. The summed E-state index contributed by atoms with van der Waals surface area (Å²) < 4.78 is 2.20. The summed E-state index contributed by atoms with van der Waals surface area (Å²) in [5.41, 5.74) is 3.91. The van der Waals surface area contributed by atoms with Crippen molar-refractivity contribution in [3.63, 3.8) is 0 Å². The maximum Gasteiger partial charge on any atom is 0.150 e. The van der Waals surface area contributed by atoms with Crippen molar-refractivity contribution in [1.82, 2.24) is 9.80 Å². The van der Waals surface area contributed by atoms with Crippen molar-refractivity contribution in [2.24, 2.45) is 0 Å². The van der Waals surface area contributed by atoms with Gasteiger partial charge in [0.05, 0.1) is 11.6 Å². The van der Waals surface area contributed by atoms with Crippen LogP contribution in [0.1, 0.15) is 27.0 Å². The number of thioether (sulfide) groups is 2. The normalized spacial score (nSPS) is 17.2. The smallest absolute Gasteiger partial charge is 0.150 e. The molecule has 0 aliphatic carbocycles. The third-order valence-corrected chi connectivity index (χ3v) is 8.81. The first kappa shape index (κ1) is 25.8. The van der Waals surface area contributed by atoms with E-state index in [2.05, 4.69) is 47.7 Å². The molecule has 0 saturated carbocycles. The highest BCUT2D eigenvalue weighted by molar-refractivity contribution is 9.10. The number of hydrogen-bond acceptors (Lipinski definition) is 6. The van der Waals surface area contributed by atoms with E-state index in [0.29, 0.717) is 0 Å². The van der Waals surface area contributed by atoms with Crippen LogP contribution in [0.5, 0.6) is 0 Å². The Hall–Kier alpha value is -0.820.